The monoisotopic (exact) mass is 205 g/mol. The van der Waals surface area contributed by atoms with Crippen molar-refractivity contribution in [1.82, 2.24) is 14.6 Å². The SMILES string of the molecule is Cc1cccc2nc(N(C)CCN)nn12. The Bertz CT molecular complexity index is 462. The first kappa shape index (κ1) is 9.92. The fourth-order valence-electron chi connectivity index (χ4n) is 1.48. The van der Waals surface area contributed by atoms with Gasteiger partial charge in [0.2, 0.25) is 5.95 Å². The molecule has 0 unspecified atom stereocenters. The minimum atomic E-state index is 0.602. The summed E-state index contributed by atoms with van der Waals surface area (Å²) in [4.78, 5) is 6.37. The van der Waals surface area contributed by atoms with Gasteiger partial charge in [-0.1, -0.05) is 6.07 Å². The Morgan fingerprint density at radius 3 is 2.93 bits per heavy atom. The average molecular weight is 205 g/mol. The van der Waals surface area contributed by atoms with E-state index in [1.807, 2.05) is 41.6 Å². The molecular formula is C10H15N5. The zero-order valence-corrected chi connectivity index (χ0v) is 9.01. The van der Waals surface area contributed by atoms with E-state index in [4.69, 9.17) is 5.73 Å². The summed E-state index contributed by atoms with van der Waals surface area (Å²) in [6.07, 6.45) is 0. The Hall–Kier alpha value is -1.62. The normalized spacial score (nSPS) is 10.9. The van der Waals surface area contributed by atoms with Crippen LogP contribution in [-0.4, -0.2) is 34.7 Å². The van der Waals surface area contributed by atoms with Crippen molar-refractivity contribution in [3.8, 4) is 0 Å². The summed E-state index contributed by atoms with van der Waals surface area (Å²) in [5.41, 5.74) is 7.43. The first-order valence-electron chi connectivity index (χ1n) is 4.96. The second kappa shape index (κ2) is 3.86. The highest BCUT2D eigenvalue weighted by Gasteiger charge is 2.08. The zero-order valence-electron chi connectivity index (χ0n) is 9.01. The second-order valence-corrected chi connectivity index (χ2v) is 3.56. The lowest BCUT2D eigenvalue weighted by atomic mass is 10.4. The Kier molecular flexibility index (Phi) is 2.55. The molecule has 0 saturated heterocycles. The van der Waals surface area contributed by atoms with Crippen molar-refractivity contribution in [2.24, 2.45) is 5.73 Å². The third kappa shape index (κ3) is 1.78. The van der Waals surface area contributed by atoms with E-state index in [0.717, 1.165) is 23.8 Å². The number of rotatable bonds is 3. The number of nitrogens with zero attached hydrogens (tertiary/aromatic N) is 4. The van der Waals surface area contributed by atoms with Crippen LogP contribution in [0.5, 0.6) is 0 Å². The number of likely N-dealkylation sites (N-methyl/N-ethyl adjacent to an activating group) is 1. The number of aryl methyl sites for hydroxylation is 1. The Morgan fingerprint density at radius 1 is 1.47 bits per heavy atom. The van der Waals surface area contributed by atoms with Crippen LogP contribution >= 0.6 is 0 Å². The first-order valence-corrected chi connectivity index (χ1v) is 4.96. The van der Waals surface area contributed by atoms with Gasteiger partial charge in [-0.15, -0.1) is 5.10 Å². The van der Waals surface area contributed by atoms with E-state index >= 15 is 0 Å². The van der Waals surface area contributed by atoms with E-state index in [1.54, 1.807) is 0 Å². The van der Waals surface area contributed by atoms with Crippen LogP contribution in [0.4, 0.5) is 5.95 Å². The maximum Gasteiger partial charge on any atom is 0.245 e. The highest BCUT2D eigenvalue weighted by atomic mass is 15.4. The lowest BCUT2D eigenvalue weighted by Crippen LogP contribution is -2.25. The molecule has 80 valence electrons. The largest absolute Gasteiger partial charge is 0.341 e. The quantitative estimate of drug-likeness (QED) is 0.789. The standard InChI is InChI=1S/C10H15N5/c1-8-4-3-5-9-12-10(13-15(8)9)14(2)7-6-11/h3-5H,6-7,11H2,1-2H3. The molecule has 2 N–H and O–H groups in total. The Morgan fingerprint density at radius 2 is 2.27 bits per heavy atom. The van der Waals surface area contributed by atoms with E-state index in [2.05, 4.69) is 10.1 Å². The molecule has 2 heterocycles. The number of pyridine rings is 1. The maximum absolute atomic E-state index is 5.49. The topological polar surface area (TPSA) is 59.5 Å². The molecule has 0 atom stereocenters. The first-order chi connectivity index (χ1) is 7.22. The fourth-order valence-corrected chi connectivity index (χ4v) is 1.48. The number of fused-ring (bicyclic) bond motifs is 1. The molecule has 0 radical (unpaired) electrons. The predicted molar refractivity (Wildman–Crippen MR) is 60.0 cm³/mol. The van der Waals surface area contributed by atoms with Crippen LogP contribution in [-0.2, 0) is 0 Å². The molecule has 2 aromatic rings. The van der Waals surface area contributed by atoms with Gasteiger partial charge in [0.15, 0.2) is 5.65 Å². The minimum Gasteiger partial charge on any atom is -0.341 e. The zero-order chi connectivity index (χ0) is 10.8. The molecular weight excluding hydrogens is 190 g/mol. The molecule has 0 aliphatic heterocycles. The summed E-state index contributed by atoms with van der Waals surface area (Å²) >= 11 is 0. The van der Waals surface area contributed by atoms with Gasteiger partial charge in [-0.3, -0.25) is 0 Å². The smallest absolute Gasteiger partial charge is 0.245 e. The molecule has 0 aliphatic carbocycles. The minimum absolute atomic E-state index is 0.602. The van der Waals surface area contributed by atoms with Gasteiger partial charge in [-0.05, 0) is 19.1 Å². The van der Waals surface area contributed by atoms with Gasteiger partial charge >= 0.3 is 0 Å². The summed E-state index contributed by atoms with van der Waals surface area (Å²) in [7, 11) is 1.94. The molecule has 0 fully saturated rings. The molecule has 5 heteroatoms. The van der Waals surface area contributed by atoms with Gasteiger partial charge in [-0.2, -0.15) is 4.98 Å². The van der Waals surface area contributed by atoms with Gasteiger partial charge in [0.1, 0.15) is 0 Å². The Labute approximate surface area is 88.5 Å². The van der Waals surface area contributed by atoms with E-state index in [-0.39, 0.29) is 0 Å². The maximum atomic E-state index is 5.49. The summed E-state index contributed by atoms with van der Waals surface area (Å²) in [6.45, 7) is 3.37. The molecule has 0 saturated carbocycles. The lowest BCUT2D eigenvalue weighted by Gasteiger charge is -2.11. The molecule has 2 aromatic heterocycles. The molecule has 0 bridgehead atoms. The van der Waals surface area contributed by atoms with Crippen molar-refractivity contribution in [3.63, 3.8) is 0 Å². The summed E-state index contributed by atoms with van der Waals surface area (Å²) in [6, 6.07) is 5.93. The molecule has 0 aliphatic rings. The fraction of sp³-hybridized carbons (Fsp3) is 0.400. The third-order valence-corrected chi connectivity index (χ3v) is 2.34. The number of nitrogens with two attached hydrogens (primary N) is 1. The van der Waals surface area contributed by atoms with Gasteiger partial charge in [-0.25, -0.2) is 4.52 Å². The third-order valence-electron chi connectivity index (χ3n) is 2.34. The van der Waals surface area contributed by atoms with Gasteiger partial charge in [0.05, 0.1) is 0 Å². The van der Waals surface area contributed by atoms with Crippen LogP contribution in [0.15, 0.2) is 18.2 Å². The van der Waals surface area contributed by atoms with Crippen molar-refractivity contribution in [3.05, 3.63) is 23.9 Å². The molecule has 0 aromatic carbocycles. The van der Waals surface area contributed by atoms with Crippen molar-refractivity contribution in [1.29, 1.82) is 0 Å². The van der Waals surface area contributed by atoms with Crippen LogP contribution in [0.1, 0.15) is 5.69 Å². The van der Waals surface area contributed by atoms with E-state index < -0.39 is 0 Å². The summed E-state index contributed by atoms with van der Waals surface area (Å²) < 4.78 is 1.84. The van der Waals surface area contributed by atoms with Crippen LogP contribution in [0, 0.1) is 6.92 Å². The van der Waals surface area contributed by atoms with E-state index in [0.29, 0.717) is 6.54 Å². The number of anilines is 1. The van der Waals surface area contributed by atoms with Crippen LogP contribution in [0.3, 0.4) is 0 Å². The molecule has 15 heavy (non-hydrogen) atoms. The van der Waals surface area contributed by atoms with Crippen LogP contribution in [0.2, 0.25) is 0 Å². The van der Waals surface area contributed by atoms with Crippen molar-refractivity contribution in [2.75, 3.05) is 25.0 Å². The molecule has 5 nitrogen and oxygen atoms in total. The average Bonchev–Trinajstić information content (AvgIpc) is 2.63. The van der Waals surface area contributed by atoms with Crippen LogP contribution in [0.25, 0.3) is 5.65 Å². The van der Waals surface area contributed by atoms with Crippen molar-refractivity contribution in [2.45, 2.75) is 6.92 Å². The Balaban J connectivity index is 2.43. The number of hydrogen-bond acceptors (Lipinski definition) is 4. The summed E-state index contributed by atoms with van der Waals surface area (Å²) in [5, 5.41) is 4.41. The van der Waals surface area contributed by atoms with Crippen molar-refractivity contribution < 1.29 is 0 Å². The van der Waals surface area contributed by atoms with Gasteiger partial charge in [0, 0.05) is 25.8 Å². The highest BCUT2D eigenvalue weighted by molar-refractivity contribution is 5.45. The van der Waals surface area contributed by atoms with Gasteiger partial charge < -0.3 is 10.6 Å². The van der Waals surface area contributed by atoms with Gasteiger partial charge in [0.25, 0.3) is 0 Å². The molecule has 2 rings (SSSR count). The molecule has 0 spiro atoms. The second-order valence-electron chi connectivity index (χ2n) is 3.56. The highest BCUT2D eigenvalue weighted by Crippen LogP contribution is 2.10. The lowest BCUT2D eigenvalue weighted by molar-refractivity contribution is 0.828. The predicted octanol–water partition coefficient (Wildman–Crippen LogP) is 0.433. The van der Waals surface area contributed by atoms with E-state index in [1.165, 1.54) is 0 Å². The van der Waals surface area contributed by atoms with Crippen molar-refractivity contribution >= 4 is 11.6 Å². The molecule has 0 amide bonds. The summed E-state index contributed by atoms with van der Waals surface area (Å²) in [5.74, 6) is 0.717. The number of hydrogen-bond donors (Lipinski definition) is 1. The number of aromatic nitrogens is 3. The van der Waals surface area contributed by atoms with E-state index in [9.17, 15) is 0 Å². The van der Waals surface area contributed by atoms with Crippen LogP contribution < -0.4 is 10.6 Å².